The number of hydrogen-bond donors (Lipinski definition) is 3. The summed E-state index contributed by atoms with van der Waals surface area (Å²) in [5.41, 5.74) is 0.643. The van der Waals surface area contributed by atoms with E-state index in [0.717, 1.165) is 6.07 Å². The predicted octanol–water partition coefficient (Wildman–Crippen LogP) is 2.11. The van der Waals surface area contributed by atoms with Crippen LogP contribution in [0, 0.1) is 5.82 Å². The third kappa shape index (κ3) is 3.72. The number of nitrogens with one attached hydrogen (secondary N) is 3. The second kappa shape index (κ2) is 6.42. The lowest BCUT2D eigenvalue weighted by Crippen LogP contribution is -2.16. The fourth-order valence-corrected chi connectivity index (χ4v) is 2.95. The van der Waals surface area contributed by atoms with Crippen molar-refractivity contribution >= 4 is 27.3 Å². The predicted molar refractivity (Wildman–Crippen MR) is 78.2 cm³/mol. The molecule has 0 spiro atoms. The molecule has 1 aromatic heterocycles. The van der Waals surface area contributed by atoms with Crippen molar-refractivity contribution in [1.29, 1.82) is 0 Å². The van der Waals surface area contributed by atoms with Gasteiger partial charge in [-0.2, -0.15) is 5.10 Å². The zero-order chi connectivity index (χ0) is 15.5. The van der Waals surface area contributed by atoms with Crippen LogP contribution in [0.2, 0.25) is 5.02 Å². The van der Waals surface area contributed by atoms with Crippen LogP contribution in [-0.4, -0.2) is 25.2 Å². The first-order valence-electron chi connectivity index (χ1n) is 6.14. The number of anilines is 1. The number of sulfonamides is 1. The monoisotopic (exact) mass is 332 g/mol. The highest BCUT2D eigenvalue weighted by Gasteiger charge is 2.19. The van der Waals surface area contributed by atoms with Gasteiger partial charge in [0.05, 0.1) is 21.8 Å². The minimum atomic E-state index is -3.91. The minimum Gasteiger partial charge on any atom is -0.313 e. The van der Waals surface area contributed by atoms with Crippen molar-refractivity contribution in [3.63, 3.8) is 0 Å². The average Bonchev–Trinajstić information content (AvgIpc) is 2.92. The second-order valence-electron chi connectivity index (χ2n) is 4.25. The number of aromatic nitrogens is 2. The molecule has 1 aromatic carbocycles. The van der Waals surface area contributed by atoms with Crippen LogP contribution < -0.4 is 10.0 Å². The second-order valence-corrected chi connectivity index (χ2v) is 6.31. The maximum atomic E-state index is 13.8. The summed E-state index contributed by atoms with van der Waals surface area (Å²) in [5, 5.41) is 9.00. The van der Waals surface area contributed by atoms with Crippen LogP contribution in [0.15, 0.2) is 29.4 Å². The molecule has 0 saturated carbocycles. The van der Waals surface area contributed by atoms with E-state index in [2.05, 4.69) is 20.2 Å². The summed E-state index contributed by atoms with van der Waals surface area (Å²) in [6.07, 6.45) is 2.69. The molecule has 0 atom stereocenters. The molecule has 0 unspecified atom stereocenters. The zero-order valence-electron chi connectivity index (χ0n) is 11.2. The number of H-pyrrole nitrogens is 1. The highest BCUT2D eigenvalue weighted by molar-refractivity contribution is 7.92. The van der Waals surface area contributed by atoms with Crippen molar-refractivity contribution < 1.29 is 12.8 Å². The molecule has 1 heterocycles. The molecule has 9 heteroatoms. The summed E-state index contributed by atoms with van der Waals surface area (Å²) in [7, 11) is -3.91. The summed E-state index contributed by atoms with van der Waals surface area (Å²) in [5.74, 6) is -0.778. The number of halogens is 2. The standard InChI is InChI=1S/C12H14ClFN4O2S/c1-2-15-5-8-3-10(4-11(14)12(8)13)21(19,20)18-9-6-16-17-7-9/h3-4,6-7,15,18H,2,5H2,1H3,(H,16,17). The van der Waals surface area contributed by atoms with Crippen molar-refractivity contribution in [2.24, 2.45) is 0 Å². The van der Waals surface area contributed by atoms with Gasteiger partial charge in [0.15, 0.2) is 0 Å². The largest absolute Gasteiger partial charge is 0.313 e. The molecule has 2 aromatic rings. The van der Waals surface area contributed by atoms with Gasteiger partial charge in [0.2, 0.25) is 0 Å². The average molecular weight is 333 g/mol. The Hall–Kier alpha value is -1.64. The van der Waals surface area contributed by atoms with E-state index in [-0.39, 0.29) is 22.2 Å². The topological polar surface area (TPSA) is 86.9 Å². The van der Waals surface area contributed by atoms with Gasteiger partial charge in [-0.05, 0) is 24.2 Å². The van der Waals surface area contributed by atoms with E-state index in [0.29, 0.717) is 12.1 Å². The Labute approximate surface area is 126 Å². The molecule has 0 aliphatic heterocycles. The van der Waals surface area contributed by atoms with Crippen molar-refractivity contribution in [3.05, 3.63) is 40.9 Å². The molecule has 0 aliphatic rings. The van der Waals surface area contributed by atoms with Crippen LogP contribution >= 0.6 is 11.6 Å². The molecule has 0 aliphatic carbocycles. The third-order valence-electron chi connectivity index (χ3n) is 2.70. The van der Waals surface area contributed by atoms with Crippen molar-refractivity contribution in [1.82, 2.24) is 15.5 Å². The molecule has 114 valence electrons. The molecule has 0 radical (unpaired) electrons. The lowest BCUT2D eigenvalue weighted by Gasteiger charge is -2.11. The van der Waals surface area contributed by atoms with Gasteiger partial charge in [-0.1, -0.05) is 18.5 Å². The van der Waals surface area contributed by atoms with E-state index in [1.165, 1.54) is 18.5 Å². The van der Waals surface area contributed by atoms with Gasteiger partial charge in [0.1, 0.15) is 5.82 Å². The van der Waals surface area contributed by atoms with Gasteiger partial charge in [-0.3, -0.25) is 9.82 Å². The van der Waals surface area contributed by atoms with Gasteiger partial charge in [0.25, 0.3) is 10.0 Å². The molecule has 0 amide bonds. The SMILES string of the molecule is CCNCc1cc(S(=O)(=O)Nc2cn[nH]c2)cc(F)c1Cl. The first kappa shape index (κ1) is 15.7. The fraction of sp³-hybridized carbons (Fsp3) is 0.250. The van der Waals surface area contributed by atoms with E-state index in [1.807, 2.05) is 6.92 Å². The van der Waals surface area contributed by atoms with Crippen LogP contribution in [0.1, 0.15) is 12.5 Å². The smallest absolute Gasteiger partial charge is 0.262 e. The Morgan fingerprint density at radius 1 is 1.43 bits per heavy atom. The normalized spacial score (nSPS) is 11.6. The van der Waals surface area contributed by atoms with Crippen LogP contribution in [0.3, 0.4) is 0 Å². The Balaban J connectivity index is 2.36. The Morgan fingerprint density at radius 2 is 2.19 bits per heavy atom. The highest BCUT2D eigenvalue weighted by atomic mass is 35.5. The Kier molecular flexibility index (Phi) is 4.81. The maximum absolute atomic E-state index is 13.8. The Bertz CT molecular complexity index is 719. The zero-order valence-corrected chi connectivity index (χ0v) is 12.7. The van der Waals surface area contributed by atoms with Gasteiger partial charge < -0.3 is 5.32 Å². The number of rotatable bonds is 6. The molecule has 0 bridgehead atoms. The summed E-state index contributed by atoms with van der Waals surface area (Å²) in [6, 6.07) is 2.23. The summed E-state index contributed by atoms with van der Waals surface area (Å²) in [6.45, 7) is 2.81. The molecule has 2 rings (SSSR count). The van der Waals surface area contributed by atoms with Crippen molar-refractivity contribution in [2.75, 3.05) is 11.3 Å². The van der Waals surface area contributed by atoms with Crippen LogP contribution in [0.5, 0.6) is 0 Å². The molecule has 6 nitrogen and oxygen atoms in total. The molecule has 0 fully saturated rings. The fourth-order valence-electron chi connectivity index (χ4n) is 1.68. The lowest BCUT2D eigenvalue weighted by atomic mass is 10.2. The molecular formula is C12H14ClFN4O2S. The summed E-state index contributed by atoms with van der Waals surface area (Å²) >= 11 is 5.85. The summed E-state index contributed by atoms with van der Waals surface area (Å²) < 4.78 is 40.5. The molecule has 0 saturated heterocycles. The first-order valence-corrected chi connectivity index (χ1v) is 8.00. The Morgan fingerprint density at radius 3 is 2.81 bits per heavy atom. The summed E-state index contributed by atoms with van der Waals surface area (Å²) in [4.78, 5) is -0.196. The maximum Gasteiger partial charge on any atom is 0.262 e. The van der Waals surface area contributed by atoms with Crippen LogP contribution in [-0.2, 0) is 16.6 Å². The van der Waals surface area contributed by atoms with Crippen molar-refractivity contribution in [2.45, 2.75) is 18.4 Å². The van der Waals surface area contributed by atoms with Crippen molar-refractivity contribution in [3.8, 4) is 0 Å². The van der Waals surface area contributed by atoms with E-state index in [4.69, 9.17) is 11.6 Å². The van der Waals surface area contributed by atoms with E-state index >= 15 is 0 Å². The van der Waals surface area contributed by atoms with Gasteiger partial charge in [-0.25, -0.2) is 12.8 Å². The van der Waals surface area contributed by atoms with E-state index < -0.39 is 15.8 Å². The molecule has 3 N–H and O–H groups in total. The third-order valence-corrected chi connectivity index (χ3v) is 4.49. The van der Waals surface area contributed by atoms with Crippen LogP contribution in [0.4, 0.5) is 10.1 Å². The molecular weight excluding hydrogens is 319 g/mol. The van der Waals surface area contributed by atoms with E-state index in [9.17, 15) is 12.8 Å². The quantitative estimate of drug-likeness (QED) is 0.756. The van der Waals surface area contributed by atoms with Gasteiger partial charge in [-0.15, -0.1) is 0 Å². The number of nitrogens with zero attached hydrogens (tertiary/aromatic N) is 1. The van der Waals surface area contributed by atoms with Crippen LogP contribution in [0.25, 0.3) is 0 Å². The van der Waals surface area contributed by atoms with Gasteiger partial charge in [0, 0.05) is 12.7 Å². The first-order chi connectivity index (χ1) is 9.94. The number of aromatic amines is 1. The number of hydrogen-bond acceptors (Lipinski definition) is 4. The van der Waals surface area contributed by atoms with E-state index in [1.54, 1.807) is 0 Å². The number of benzene rings is 1. The van der Waals surface area contributed by atoms with Gasteiger partial charge >= 0.3 is 0 Å². The highest BCUT2D eigenvalue weighted by Crippen LogP contribution is 2.25. The molecule has 21 heavy (non-hydrogen) atoms. The lowest BCUT2D eigenvalue weighted by molar-refractivity contribution is 0.593. The minimum absolute atomic E-state index is 0.0850.